The first-order chi connectivity index (χ1) is 7.87. The quantitative estimate of drug-likeness (QED) is 0.775. The summed E-state index contributed by atoms with van der Waals surface area (Å²) in [7, 11) is 2.21. The molecule has 0 saturated heterocycles. The van der Waals surface area contributed by atoms with Gasteiger partial charge in [-0.05, 0) is 46.1 Å². The Morgan fingerprint density at radius 3 is 2.53 bits per heavy atom. The fourth-order valence-corrected chi connectivity index (χ4v) is 3.11. The molecule has 102 valence electrons. The zero-order chi connectivity index (χ0) is 13.1. The van der Waals surface area contributed by atoms with Gasteiger partial charge in [-0.25, -0.2) is 0 Å². The molecule has 1 fully saturated rings. The van der Waals surface area contributed by atoms with Crippen molar-refractivity contribution in [3.63, 3.8) is 0 Å². The van der Waals surface area contributed by atoms with Crippen LogP contribution in [0.5, 0.6) is 0 Å². The van der Waals surface area contributed by atoms with Crippen molar-refractivity contribution in [2.24, 2.45) is 11.7 Å². The first-order valence-electron chi connectivity index (χ1n) is 6.99. The third-order valence-electron chi connectivity index (χ3n) is 4.41. The second-order valence-corrected chi connectivity index (χ2v) is 6.36. The molecule has 0 bridgehead atoms. The van der Waals surface area contributed by atoms with Crippen LogP contribution in [0.3, 0.4) is 0 Å². The molecule has 3 heteroatoms. The number of aliphatic hydroxyl groups is 1. The largest absolute Gasteiger partial charge is 0.394 e. The summed E-state index contributed by atoms with van der Waals surface area (Å²) >= 11 is 0. The van der Waals surface area contributed by atoms with Crippen LogP contribution >= 0.6 is 0 Å². The van der Waals surface area contributed by atoms with Crippen molar-refractivity contribution in [1.82, 2.24) is 4.90 Å². The van der Waals surface area contributed by atoms with Gasteiger partial charge in [0.15, 0.2) is 0 Å². The molecule has 0 aliphatic heterocycles. The average Bonchev–Trinajstić information content (AvgIpc) is 2.28. The van der Waals surface area contributed by atoms with E-state index in [-0.39, 0.29) is 6.61 Å². The highest BCUT2D eigenvalue weighted by Gasteiger charge is 2.30. The molecule has 1 rings (SSSR count). The molecule has 4 unspecified atom stereocenters. The molecular formula is C14H30N2O. The summed E-state index contributed by atoms with van der Waals surface area (Å²) in [6.45, 7) is 6.58. The highest BCUT2D eigenvalue weighted by Crippen LogP contribution is 2.29. The van der Waals surface area contributed by atoms with E-state index < -0.39 is 5.54 Å². The number of aliphatic hydroxyl groups excluding tert-OH is 1. The molecule has 0 spiro atoms. The molecule has 4 atom stereocenters. The lowest BCUT2D eigenvalue weighted by atomic mass is 9.83. The van der Waals surface area contributed by atoms with E-state index >= 15 is 0 Å². The van der Waals surface area contributed by atoms with Crippen LogP contribution in [0.15, 0.2) is 0 Å². The van der Waals surface area contributed by atoms with Crippen LogP contribution < -0.4 is 5.73 Å². The lowest BCUT2D eigenvalue weighted by Gasteiger charge is -2.41. The van der Waals surface area contributed by atoms with Crippen molar-refractivity contribution in [1.29, 1.82) is 0 Å². The Bertz CT molecular complexity index is 230. The van der Waals surface area contributed by atoms with Crippen LogP contribution in [0.2, 0.25) is 0 Å². The van der Waals surface area contributed by atoms with Gasteiger partial charge in [0.25, 0.3) is 0 Å². The minimum absolute atomic E-state index is 0.0609. The SMILES string of the molecule is CC1CCCCC1N(C)C(C)CC(C)(N)CO. The van der Waals surface area contributed by atoms with E-state index in [1.807, 2.05) is 6.92 Å². The normalized spacial score (nSPS) is 31.2. The molecule has 17 heavy (non-hydrogen) atoms. The van der Waals surface area contributed by atoms with Gasteiger partial charge in [-0.3, -0.25) is 0 Å². The van der Waals surface area contributed by atoms with Crippen molar-refractivity contribution in [2.75, 3.05) is 13.7 Å². The molecule has 0 amide bonds. The smallest absolute Gasteiger partial charge is 0.0609 e. The van der Waals surface area contributed by atoms with Gasteiger partial charge in [0.05, 0.1) is 6.61 Å². The Morgan fingerprint density at radius 2 is 2.00 bits per heavy atom. The van der Waals surface area contributed by atoms with Crippen LogP contribution in [0, 0.1) is 5.92 Å². The molecule has 0 aromatic carbocycles. The molecule has 0 radical (unpaired) electrons. The molecule has 1 saturated carbocycles. The fraction of sp³-hybridized carbons (Fsp3) is 1.00. The summed E-state index contributed by atoms with van der Waals surface area (Å²) in [6, 6.07) is 1.12. The van der Waals surface area contributed by atoms with Gasteiger partial charge in [0.2, 0.25) is 0 Å². The Balaban J connectivity index is 2.53. The Labute approximate surface area is 106 Å². The van der Waals surface area contributed by atoms with Crippen LogP contribution in [0.1, 0.15) is 52.9 Å². The molecule has 1 aliphatic rings. The van der Waals surface area contributed by atoms with E-state index in [1.54, 1.807) is 0 Å². The summed E-state index contributed by atoms with van der Waals surface area (Å²) in [5, 5.41) is 9.24. The third-order valence-corrected chi connectivity index (χ3v) is 4.41. The first-order valence-corrected chi connectivity index (χ1v) is 6.99. The predicted molar refractivity (Wildman–Crippen MR) is 72.9 cm³/mol. The van der Waals surface area contributed by atoms with E-state index in [2.05, 4.69) is 25.8 Å². The van der Waals surface area contributed by atoms with Crippen molar-refractivity contribution < 1.29 is 5.11 Å². The topological polar surface area (TPSA) is 49.5 Å². The van der Waals surface area contributed by atoms with Crippen molar-refractivity contribution in [3.8, 4) is 0 Å². The van der Waals surface area contributed by atoms with Crippen LogP contribution in [-0.2, 0) is 0 Å². The van der Waals surface area contributed by atoms with Crippen molar-refractivity contribution in [2.45, 2.75) is 70.5 Å². The molecule has 0 heterocycles. The minimum Gasteiger partial charge on any atom is -0.394 e. The summed E-state index contributed by atoms with van der Waals surface area (Å²) < 4.78 is 0. The van der Waals surface area contributed by atoms with Crippen molar-refractivity contribution >= 4 is 0 Å². The lowest BCUT2D eigenvalue weighted by Crippen LogP contribution is -2.50. The Hall–Kier alpha value is -0.120. The van der Waals surface area contributed by atoms with E-state index in [4.69, 9.17) is 5.73 Å². The second-order valence-electron chi connectivity index (χ2n) is 6.36. The summed E-state index contributed by atoms with van der Waals surface area (Å²) in [4.78, 5) is 2.48. The fourth-order valence-electron chi connectivity index (χ4n) is 3.11. The zero-order valence-electron chi connectivity index (χ0n) is 11.9. The van der Waals surface area contributed by atoms with Crippen LogP contribution in [-0.4, -0.2) is 41.3 Å². The van der Waals surface area contributed by atoms with Gasteiger partial charge in [-0.15, -0.1) is 0 Å². The monoisotopic (exact) mass is 242 g/mol. The number of hydrogen-bond donors (Lipinski definition) is 2. The highest BCUT2D eigenvalue weighted by atomic mass is 16.3. The van der Waals surface area contributed by atoms with E-state index in [1.165, 1.54) is 25.7 Å². The molecule has 0 aromatic rings. The van der Waals surface area contributed by atoms with Gasteiger partial charge < -0.3 is 15.7 Å². The van der Waals surface area contributed by atoms with E-state index in [0.29, 0.717) is 12.1 Å². The average molecular weight is 242 g/mol. The number of nitrogens with zero attached hydrogens (tertiary/aromatic N) is 1. The number of rotatable bonds is 5. The van der Waals surface area contributed by atoms with Gasteiger partial charge in [-0.1, -0.05) is 19.8 Å². The number of hydrogen-bond acceptors (Lipinski definition) is 3. The summed E-state index contributed by atoms with van der Waals surface area (Å²) in [5.41, 5.74) is 5.59. The third kappa shape index (κ3) is 4.23. The lowest BCUT2D eigenvalue weighted by molar-refractivity contribution is 0.0790. The van der Waals surface area contributed by atoms with Crippen LogP contribution in [0.25, 0.3) is 0 Å². The summed E-state index contributed by atoms with van der Waals surface area (Å²) in [5.74, 6) is 0.786. The molecular weight excluding hydrogens is 212 g/mol. The van der Waals surface area contributed by atoms with Gasteiger partial charge in [0, 0.05) is 17.6 Å². The Morgan fingerprint density at radius 1 is 1.41 bits per heavy atom. The predicted octanol–water partition coefficient (Wildman–Crippen LogP) is 1.99. The molecule has 3 N–H and O–H groups in total. The maximum atomic E-state index is 9.24. The maximum Gasteiger partial charge on any atom is 0.0609 e. The Kier molecular flexibility index (Phi) is 5.42. The van der Waals surface area contributed by atoms with Gasteiger partial charge in [0.1, 0.15) is 0 Å². The van der Waals surface area contributed by atoms with E-state index in [0.717, 1.165) is 12.3 Å². The zero-order valence-corrected chi connectivity index (χ0v) is 11.9. The first kappa shape index (κ1) is 14.9. The minimum atomic E-state index is -0.453. The maximum absolute atomic E-state index is 9.24. The van der Waals surface area contributed by atoms with Gasteiger partial charge in [-0.2, -0.15) is 0 Å². The summed E-state index contributed by atoms with van der Waals surface area (Å²) in [6.07, 6.45) is 6.24. The molecule has 1 aliphatic carbocycles. The van der Waals surface area contributed by atoms with Crippen molar-refractivity contribution in [3.05, 3.63) is 0 Å². The number of nitrogens with two attached hydrogens (primary N) is 1. The van der Waals surface area contributed by atoms with Crippen LogP contribution in [0.4, 0.5) is 0 Å². The van der Waals surface area contributed by atoms with Gasteiger partial charge >= 0.3 is 0 Å². The highest BCUT2D eigenvalue weighted by molar-refractivity contribution is 4.87. The molecule has 3 nitrogen and oxygen atoms in total. The standard InChI is InChI=1S/C14H30N2O/c1-11-7-5-6-8-13(11)16(4)12(2)9-14(3,15)10-17/h11-13,17H,5-10,15H2,1-4H3. The molecule has 0 aromatic heterocycles. The van der Waals surface area contributed by atoms with E-state index in [9.17, 15) is 5.11 Å². The second kappa shape index (κ2) is 6.17.